The summed E-state index contributed by atoms with van der Waals surface area (Å²) in [6.07, 6.45) is 1.62. The van der Waals surface area contributed by atoms with Crippen molar-refractivity contribution in [3.8, 4) is 0 Å². The molecule has 9 nitrogen and oxygen atoms in total. The molecule has 4 rings (SSSR count). The second-order valence-electron chi connectivity index (χ2n) is 5.32. The first-order valence-electron chi connectivity index (χ1n) is 7.21. The molecule has 0 atom stereocenters. The molecular formula is C13H16N8O. The van der Waals surface area contributed by atoms with Crippen LogP contribution in [0.4, 0.5) is 5.82 Å². The molecule has 114 valence electrons. The highest BCUT2D eigenvalue weighted by atomic mass is 16.5. The molecule has 0 unspecified atom stereocenters. The Hall–Kier alpha value is -2.55. The summed E-state index contributed by atoms with van der Waals surface area (Å²) in [6.45, 7) is 6.22. The first kappa shape index (κ1) is 13.1. The Morgan fingerprint density at radius 3 is 2.82 bits per heavy atom. The molecule has 1 fully saturated rings. The number of rotatable bonds is 3. The van der Waals surface area contributed by atoms with Crippen LogP contribution in [0.2, 0.25) is 0 Å². The molecule has 1 aliphatic rings. The van der Waals surface area contributed by atoms with E-state index in [0.29, 0.717) is 18.3 Å². The van der Waals surface area contributed by atoms with Crippen molar-refractivity contribution < 1.29 is 4.52 Å². The van der Waals surface area contributed by atoms with Crippen LogP contribution in [0, 0.1) is 6.92 Å². The Morgan fingerprint density at radius 2 is 2.05 bits per heavy atom. The van der Waals surface area contributed by atoms with Crippen LogP contribution in [0.25, 0.3) is 5.65 Å². The van der Waals surface area contributed by atoms with E-state index in [-0.39, 0.29) is 0 Å². The fourth-order valence-corrected chi connectivity index (χ4v) is 2.62. The van der Waals surface area contributed by atoms with Gasteiger partial charge in [0.05, 0.1) is 6.54 Å². The van der Waals surface area contributed by atoms with Gasteiger partial charge in [0, 0.05) is 26.2 Å². The third-order valence-corrected chi connectivity index (χ3v) is 3.77. The van der Waals surface area contributed by atoms with E-state index in [1.807, 2.05) is 19.1 Å². The fourth-order valence-electron chi connectivity index (χ4n) is 2.62. The van der Waals surface area contributed by atoms with Crippen molar-refractivity contribution >= 4 is 11.5 Å². The predicted molar refractivity (Wildman–Crippen MR) is 77.3 cm³/mol. The summed E-state index contributed by atoms with van der Waals surface area (Å²) in [4.78, 5) is 8.81. The maximum atomic E-state index is 5.17. The second-order valence-corrected chi connectivity index (χ2v) is 5.32. The van der Waals surface area contributed by atoms with Crippen LogP contribution in [-0.2, 0) is 6.54 Å². The van der Waals surface area contributed by atoms with Gasteiger partial charge < -0.3 is 9.42 Å². The molecule has 0 N–H and O–H groups in total. The normalized spacial score (nSPS) is 16.5. The first-order chi connectivity index (χ1) is 10.8. The van der Waals surface area contributed by atoms with Gasteiger partial charge in [-0.2, -0.15) is 9.50 Å². The molecule has 0 amide bonds. The number of hydrogen-bond donors (Lipinski definition) is 0. The van der Waals surface area contributed by atoms with Crippen molar-refractivity contribution in [2.45, 2.75) is 13.5 Å². The lowest BCUT2D eigenvalue weighted by atomic mass is 10.3. The fraction of sp³-hybridized carbons (Fsp3) is 0.462. The molecule has 1 aliphatic heterocycles. The lowest BCUT2D eigenvalue weighted by molar-refractivity contribution is 0.215. The lowest BCUT2D eigenvalue weighted by Crippen LogP contribution is -2.46. The van der Waals surface area contributed by atoms with E-state index in [0.717, 1.165) is 37.6 Å². The monoisotopic (exact) mass is 300 g/mol. The van der Waals surface area contributed by atoms with Crippen LogP contribution in [-0.4, -0.2) is 61.0 Å². The van der Waals surface area contributed by atoms with Crippen molar-refractivity contribution in [2.75, 3.05) is 31.1 Å². The van der Waals surface area contributed by atoms with Gasteiger partial charge in [-0.25, -0.2) is 0 Å². The SMILES string of the molecule is Cc1noc(CN2CCN(c3ccc4nncn4n3)CC2)n1. The molecule has 0 spiro atoms. The van der Waals surface area contributed by atoms with E-state index in [1.165, 1.54) is 0 Å². The maximum Gasteiger partial charge on any atom is 0.240 e. The zero-order valence-electron chi connectivity index (χ0n) is 12.3. The van der Waals surface area contributed by atoms with Crippen molar-refractivity contribution in [1.82, 2.24) is 34.9 Å². The number of fused-ring (bicyclic) bond motifs is 1. The van der Waals surface area contributed by atoms with E-state index in [1.54, 1.807) is 10.8 Å². The van der Waals surface area contributed by atoms with Crippen LogP contribution in [0.5, 0.6) is 0 Å². The quantitative estimate of drug-likeness (QED) is 0.675. The average molecular weight is 300 g/mol. The summed E-state index contributed by atoms with van der Waals surface area (Å²) in [5, 5.41) is 16.2. The molecule has 0 radical (unpaired) electrons. The van der Waals surface area contributed by atoms with Gasteiger partial charge >= 0.3 is 0 Å². The number of hydrogen-bond acceptors (Lipinski definition) is 8. The van der Waals surface area contributed by atoms with Crippen LogP contribution >= 0.6 is 0 Å². The zero-order valence-corrected chi connectivity index (χ0v) is 12.3. The van der Waals surface area contributed by atoms with Gasteiger partial charge in [0.15, 0.2) is 11.5 Å². The summed E-state index contributed by atoms with van der Waals surface area (Å²) in [7, 11) is 0. The van der Waals surface area contributed by atoms with E-state index in [2.05, 4.69) is 35.2 Å². The van der Waals surface area contributed by atoms with Crippen molar-refractivity contribution in [2.24, 2.45) is 0 Å². The lowest BCUT2D eigenvalue weighted by Gasteiger charge is -2.34. The highest BCUT2D eigenvalue weighted by molar-refractivity contribution is 5.45. The van der Waals surface area contributed by atoms with Crippen LogP contribution < -0.4 is 4.90 Å². The third kappa shape index (κ3) is 2.50. The summed E-state index contributed by atoms with van der Waals surface area (Å²) < 4.78 is 6.87. The zero-order chi connectivity index (χ0) is 14.9. The number of piperazine rings is 1. The molecule has 0 bridgehead atoms. The standard InChI is InChI=1S/C13H16N8O/c1-10-15-13(22-18-10)8-19-4-6-20(7-5-19)12-3-2-11-16-14-9-21(11)17-12/h2-3,9H,4-8H2,1H3. The highest BCUT2D eigenvalue weighted by Crippen LogP contribution is 2.15. The molecule has 22 heavy (non-hydrogen) atoms. The van der Waals surface area contributed by atoms with Crippen LogP contribution in [0.3, 0.4) is 0 Å². The smallest absolute Gasteiger partial charge is 0.240 e. The minimum atomic E-state index is 0.676. The van der Waals surface area contributed by atoms with Crippen molar-refractivity contribution in [3.05, 3.63) is 30.2 Å². The van der Waals surface area contributed by atoms with Gasteiger partial charge in [-0.05, 0) is 19.1 Å². The number of anilines is 1. The largest absolute Gasteiger partial charge is 0.353 e. The topological polar surface area (TPSA) is 88.5 Å². The molecule has 3 aromatic rings. The molecule has 9 heteroatoms. The predicted octanol–water partition coefficient (Wildman–Crippen LogP) is 0.138. The molecule has 4 heterocycles. The minimum absolute atomic E-state index is 0.676. The molecule has 3 aromatic heterocycles. The second kappa shape index (κ2) is 5.34. The number of aromatic nitrogens is 6. The summed E-state index contributed by atoms with van der Waals surface area (Å²) in [6, 6.07) is 3.92. The minimum Gasteiger partial charge on any atom is -0.353 e. The number of nitrogens with zero attached hydrogens (tertiary/aromatic N) is 8. The van der Waals surface area contributed by atoms with E-state index >= 15 is 0 Å². The van der Waals surface area contributed by atoms with Gasteiger partial charge in [0.25, 0.3) is 0 Å². The summed E-state index contributed by atoms with van der Waals surface area (Å²) in [5.74, 6) is 2.30. The van der Waals surface area contributed by atoms with Crippen LogP contribution in [0.1, 0.15) is 11.7 Å². The van der Waals surface area contributed by atoms with E-state index in [9.17, 15) is 0 Å². The van der Waals surface area contributed by atoms with E-state index in [4.69, 9.17) is 4.52 Å². The average Bonchev–Trinajstić information content (AvgIpc) is 3.16. The maximum absolute atomic E-state index is 5.17. The molecular weight excluding hydrogens is 284 g/mol. The van der Waals surface area contributed by atoms with Crippen molar-refractivity contribution in [1.29, 1.82) is 0 Å². The Kier molecular flexibility index (Phi) is 3.19. The Morgan fingerprint density at radius 1 is 1.18 bits per heavy atom. The third-order valence-electron chi connectivity index (χ3n) is 3.77. The van der Waals surface area contributed by atoms with Gasteiger partial charge in [-0.1, -0.05) is 5.16 Å². The molecule has 0 aliphatic carbocycles. The summed E-state index contributed by atoms with van der Waals surface area (Å²) >= 11 is 0. The molecule has 0 saturated carbocycles. The van der Waals surface area contributed by atoms with Crippen molar-refractivity contribution in [3.63, 3.8) is 0 Å². The van der Waals surface area contributed by atoms with Gasteiger partial charge in [-0.15, -0.1) is 15.3 Å². The summed E-state index contributed by atoms with van der Waals surface area (Å²) in [5.41, 5.74) is 0.758. The van der Waals surface area contributed by atoms with Crippen LogP contribution in [0.15, 0.2) is 23.0 Å². The number of aryl methyl sites for hydroxylation is 1. The van der Waals surface area contributed by atoms with Gasteiger partial charge in [0.1, 0.15) is 12.1 Å². The Balaban J connectivity index is 1.40. The highest BCUT2D eigenvalue weighted by Gasteiger charge is 2.20. The Labute approximate surface area is 126 Å². The van der Waals surface area contributed by atoms with Gasteiger partial charge in [-0.3, -0.25) is 4.90 Å². The first-order valence-corrected chi connectivity index (χ1v) is 7.21. The van der Waals surface area contributed by atoms with E-state index < -0.39 is 0 Å². The molecule has 0 aromatic carbocycles. The molecule has 1 saturated heterocycles. The Bertz CT molecular complexity index is 773. The van der Waals surface area contributed by atoms with Gasteiger partial charge in [0.2, 0.25) is 5.89 Å².